The molecule has 1 saturated heterocycles. The van der Waals surface area contributed by atoms with Crippen LogP contribution in [0.4, 0.5) is 4.79 Å². The molecule has 3 atom stereocenters. The largest absolute Gasteiger partial charge is 0.335 e. The van der Waals surface area contributed by atoms with Gasteiger partial charge in [-0.05, 0) is 98.9 Å². The minimum atomic E-state index is 0.0200. The molecule has 33 heavy (non-hydrogen) atoms. The molecule has 4 aliphatic rings. The number of aryl methyl sites for hydroxylation is 1. The van der Waals surface area contributed by atoms with Crippen LogP contribution in [0.2, 0.25) is 0 Å². The number of fused-ring (bicyclic) bond motifs is 6. The van der Waals surface area contributed by atoms with Crippen LogP contribution in [0.5, 0.6) is 0 Å². The summed E-state index contributed by atoms with van der Waals surface area (Å²) in [6, 6.07) is 19.5. The summed E-state index contributed by atoms with van der Waals surface area (Å²) in [5, 5.41) is 6.55. The molecule has 0 aromatic heterocycles. The normalized spacial score (nSPS) is 30.5. The minimum Gasteiger partial charge on any atom is -0.335 e. The summed E-state index contributed by atoms with van der Waals surface area (Å²) < 4.78 is 0. The van der Waals surface area contributed by atoms with Gasteiger partial charge in [0.2, 0.25) is 0 Å². The predicted octanol–water partition coefficient (Wildman–Crippen LogP) is 6.20. The van der Waals surface area contributed by atoms with Gasteiger partial charge in [0.25, 0.3) is 0 Å². The Bertz CT molecular complexity index is 965. The lowest BCUT2D eigenvalue weighted by molar-refractivity contribution is 0.185. The summed E-state index contributed by atoms with van der Waals surface area (Å²) >= 11 is 0. The number of carbonyl (C=O) groups excluding carboxylic acids is 1. The van der Waals surface area contributed by atoms with E-state index in [9.17, 15) is 4.79 Å². The van der Waals surface area contributed by atoms with E-state index in [1.165, 1.54) is 49.8 Å². The van der Waals surface area contributed by atoms with Crippen molar-refractivity contribution in [3.8, 4) is 0 Å². The Morgan fingerprint density at radius 3 is 2.18 bits per heavy atom. The molecule has 4 heteroatoms. The number of hydrogen-bond acceptors (Lipinski definition) is 2. The second kappa shape index (κ2) is 9.13. The number of nitrogens with one attached hydrogen (secondary N) is 2. The van der Waals surface area contributed by atoms with Gasteiger partial charge >= 0.3 is 6.03 Å². The van der Waals surface area contributed by atoms with Crippen molar-refractivity contribution in [2.45, 2.75) is 88.4 Å². The van der Waals surface area contributed by atoms with E-state index < -0.39 is 0 Å². The molecule has 4 nitrogen and oxygen atoms in total. The van der Waals surface area contributed by atoms with Crippen molar-refractivity contribution < 1.29 is 4.79 Å². The average molecular weight is 444 g/mol. The number of urea groups is 1. The Labute approximate surface area is 198 Å². The molecule has 0 spiro atoms. The number of rotatable bonds is 5. The van der Waals surface area contributed by atoms with Gasteiger partial charge in [0, 0.05) is 18.1 Å². The van der Waals surface area contributed by atoms with Gasteiger partial charge in [-0.1, -0.05) is 48.5 Å². The van der Waals surface area contributed by atoms with E-state index in [1.807, 2.05) is 0 Å². The maximum atomic E-state index is 12.7. The zero-order valence-corrected chi connectivity index (χ0v) is 19.6. The summed E-state index contributed by atoms with van der Waals surface area (Å²) in [7, 11) is 0. The maximum absolute atomic E-state index is 12.7. The van der Waals surface area contributed by atoms with Gasteiger partial charge in [-0.2, -0.15) is 0 Å². The van der Waals surface area contributed by atoms with Gasteiger partial charge in [-0.15, -0.1) is 0 Å². The van der Waals surface area contributed by atoms with Gasteiger partial charge < -0.3 is 10.6 Å². The van der Waals surface area contributed by atoms with Crippen LogP contribution in [0.15, 0.2) is 48.5 Å². The van der Waals surface area contributed by atoms with E-state index in [-0.39, 0.29) is 12.1 Å². The molecular formula is C29H37N3O. The molecule has 1 saturated carbocycles. The SMILES string of the molecule is O=C(NC1CCC(CCN2C3CCC2c2ccccc23)CC1)NC1CCCc2ccccc21. The van der Waals surface area contributed by atoms with Crippen LogP contribution in [0.25, 0.3) is 0 Å². The number of hydrogen-bond donors (Lipinski definition) is 2. The third kappa shape index (κ3) is 4.19. The van der Waals surface area contributed by atoms with Gasteiger partial charge in [0.15, 0.2) is 0 Å². The van der Waals surface area contributed by atoms with Crippen molar-refractivity contribution in [1.29, 1.82) is 0 Å². The summed E-state index contributed by atoms with van der Waals surface area (Å²) in [4.78, 5) is 15.5. The summed E-state index contributed by atoms with van der Waals surface area (Å²) in [5.74, 6) is 0.805. The molecule has 2 bridgehead atoms. The molecular weight excluding hydrogens is 406 g/mol. The Balaban J connectivity index is 0.956. The fraction of sp³-hybridized carbons (Fsp3) is 0.552. The molecule has 2 heterocycles. The van der Waals surface area contributed by atoms with Crippen molar-refractivity contribution in [2.75, 3.05) is 6.54 Å². The Morgan fingerprint density at radius 1 is 0.788 bits per heavy atom. The predicted molar refractivity (Wildman–Crippen MR) is 132 cm³/mol. The first-order chi connectivity index (χ1) is 16.3. The molecule has 0 radical (unpaired) electrons. The highest BCUT2D eigenvalue weighted by Crippen LogP contribution is 2.53. The van der Waals surface area contributed by atoms with E-state index in [0.717, 1.165) is 38.0 Å². The minimum absolute atomic E-state index is 0.0200. The molecule has 2 aliphatic carbocycles. The van der Waals surface area contributed by atoms with Gasteiger partial charge in [-0.25, -0.2) is 4.79 Å². The second-order valence-corrected chi connectivity index (χ2v) is 10.7. The highest BCUT2D eigenvalue weighted by atomic mass is 16.2. The Morgan fingerprint density at radius 2 is 1.45 bits per heavy atom. The van der Waals surface area contributed by atoms with Crippen LogP contribution in [0.3, 0.4) is 0 Å². The van der Waals surface area contributed by atoms with Gasteiger partial charge in [0.05, 0.1) is 6.04 Å². The first-order valence-electron chi connectivity index (χ1n) is 13.3. The van der Waals surface area contributed by atoms with Crippen molar-refractivity contribution in [2.24, 2.45) is 5.92 Å². The fourth-order valence-electron chi connectivity index (χ4n) is 7.18. The van der Waals surface area contributed by atoms with Gasteiger partial charge in [0.1, 0.15) is 0 Å². The van der Waals surface area contributed by atoms with Crippen LogP contribution in [-0.4, -0.2) is 23.5 Å². The Kier molecular flexibility index (Phi) is 5.87. The van der Waals surface area contributed by atoms with E-state index in [2.05, 4.69) is 64.1 Å². The van der Waals surface area contributed by atoms with Crippen LogP contribution in [-0.2, 0) is 6.42 Å². The monoisotopic (exact) mass is 443 g/mol. The summed E-state index contributed by atoms with van der Waals surface area (Å²) in [6.07, 6.45) is 12.0. The molecule has 2 aromatic rings. The van der Waals surface area contributed by atoms with Crippen molar-refractivity contribution in [3.63, 3.8) is 0 Å². The van der Waals surface area contributed by atoms with Crippen molar-refractivity contribution >= 4 is 6.03 Å². The van der Waals surface area contributed by atoms with Crippen LogP contribution in [0, 0.1) is 5.92 Å². The number of benzene rings is 2. The maximum Gasteiger partial charge on any atom is 0.315 e. The average Bonchev–Trinajstić information content (AvgIpc) is 3.40. The van der Waals surface area contributed by atoms with E-state index in [4.69, 9.17) is 0 Å². The van der Waals surface area contributed by atoms with Crippen LogP contribution >= 0.6 is 0 Å². The standard InChI is InChI=1S/C29H37N3O/c33-29(31-26-11-5-7-21-6-1-2-8-23(21)26)30-22-14-12-20(13-15-22)18-19-32-27-16-17-28(32)25-10-4-3-9-24(25)27/h1-4,6,8-10,20,22,26-28H,5,7,11-19H2,(H2,30,31,33). The number of nitrogens with zero attached hydrogens (tertiary/aromatic N) is 1. The smallest absolute Gasteiger partial charge is 0.315 e. The highest BCUT2D eigenvalue weighted by molar-refractivity contribution is 5.75. The quantitative estimate of drug-likeness (QED) is 0.577. The molecule has 2 N–H and O–H groups in total. The second-order valence-electron chi connectivity index (χ2n) is 10.7. The zero-order chi connectivity index (χ0) is 22.2. The Hall–Kier alpha value is -2.33. The zero-order valence-electron chi connectivity index (χ0n) is 19.6. The first kappa shape index (κ1) is 21.2. The highest BCUT2D eigenvalue weighted by Gasteiger charge is 2.43. The molecule has 2 amide bonds. The lowest BCUT2D eigenvalue weighted by Crippen LogP contribution is -2.45. The lowest BCUT2D eigenvalue weighted by atomic mass is 9.84. The molecule has 2 fully saturated rings. The molecule has 3 unspecified atom stereocenters. The van der Waals surface area contributed by atoms with Gasteiger partial charge in [-0.3, -0.25) is 4.90 Å². The molecule has 2 aromatic carbocycles. The lowest BCUT2D eigenvalue weighted by Gasteiger charge is -2.32. The summed E-state index contributed by atoms with van der Waals surface area (Å²) in [6.45, 7) is 1.23. The van der Waals surface area contributed by atoms with E-state index in [1.54, 1.807) is 11.1 Å². The summed E-state index contributed by atoms with van der Waals surface area (Å²) in [5.41, 5.74) is 5.88. The number of carbonyl (C=O) groups is 1. The van der Waals surface area contributed by atoms with Crippen molar-refractivity contribution in [3.05, 3.63) is 70.8 Å². The van der Waals surface area contributed by atoms with Crippen LogP contribution in [0.1, 0.15) is 98.2 Å². The molecule has 6 rings (SSSR count). The van der Waals surface area contributed by atoms with Crippen molar-refractivity contribution in [1.82, 2.24) is 15.5 Å². The third-order valence-electron chi connectivity index (χ3n) is 8.88. The third-order valence-corrected chi connectivity index (χ3v) is 8.88. The topological polar surface area (TPSA) is 44.4 Å². The first-order valence-corrected chi connectivity index (χ1v) is 13.3. The van der Waals surface area contributed by atoms with E-state index >= 15 is 0 Å². The fourth-order valence-corrected chi connectivity index (χ4v) is 7.18. The van der Waals surface area contributed by atoms with E-state index in [0.29, 0.717) is 18.1 Å². The number of amides is 2. The molecule has 2 aliphatic heterocycles. The molecule has 174 valence electrons. The van der Waals surface area contributed by atoms with Crippen LogP contribution < -0.4 is 10.6 Å².